The fraction of sp³-hybridized carbons (Fsp3) is 0. The molecule has 0 aliphatic heterocycles. The lowest BCUT2D eigenvalue weighted by Gasteiger charge is -2.06. The molecule has 8 heteroatoms. The second-order valence-electron chi connectivity index (χ2n) is 3.71. The van der Waals surface area contributed by atoms with Crippen LogP contribution in [-0.4, -0.2) is 10.9 Å². The third-order valence-corrected chi connectivity index (χ3v) is 3.08. The van der Waals surface area contributed by atoms with E-state index in [9.17, 15) is 18.0 Å². The molecule has 1 aromatic carbocycles. The van der Waals surface area contributed by atoms with Crippen LogP contribution in [0.1, 0.15) is 10.5 Å². The van der Waals surface area contributed by atoms with Crippen molar-refractivity contribution in [1.29, 1.82) is 0 Å². The van der Waals surface area contributed by atoms with Crippen molar-refractivity contribution in [2.45, 2.75) is 5.03 Å². The van der Waals surface area contributed by atoms with Gasteiger partial charge in [0.25, 0.3) is 5.91 Å². The van der Waals surface area contributed by atoms with Gasteiger partial charge in [0, 0.05) is 17.8 Å². The summed E-state index contributed by atoms with van der Waals surface area (Å²) in [6.45, 7) is 0. The molecule has 0 fully saturated rings. The molecule has 0 aliphatic rings. The maximum Gasteiger partial charge on any atom is 0.274 e. The van der Waals surface area contributed by atoms with Gasteiger partial charge in [0.1, 0.15) is 10.7 Å². The van der Waals surface area contributed by atoms with Crippen molar-refractivity contribution in [2.24, 2.45) is 0 Å². The highest BCUT2D eigenvalue weighted by molar-refractivity contribution is 7.80. The molecule has 0 atom stereocenters. The molecule has 3 nitrogen and oxygen atoms in total. The molecule has 20 heavy (non-hydrogen) atoms. The summed E-state index contributed by atoms with van der Waals surface area (Å²) in [7, 11) is 0. The lowest BCUT2D eigenvalue weighted by molar-refractivity contribution is 0.102. The smallest absolute Gasteiger partial charge is 0.274 e. The Kier molecular flexibility index (Phi) is 4.20. The van der Waals surface area contributed by atoms with Crippen LogP contribution in [0.4, 0.5) is 18.9 Å². The Bertz CT molecular complexity index is 673. The van der Waals surface area contributed by atoms with Gasteiger partial charge in [-0.3, -0.25) is 4.79 Å². The number of benzene rings is 1. The summed E-state index contributed by atoms with van der Waals surface area (Å²) >= 11 is 9.63. The maximum atomic E-state index is 13.0. The monoisotopic (exact) mass is 318 g/mol. The summed E-state index contributed by atoms with van der Waals surface area (Å²) in [6, 6.07) is 4.03. The van der Waals surface area contributed by atoms with Crippen molar-refractivity contribution in [1.82, 2.24) is 4.98 Å². The second kappa shape index (κ2) is 5.72. The van der Waals surface area contributed by atoms with Crippen LogP contribution in [0.15, 0.2) is 29.3 Å². The van der Waals surface area contributed by atoms with E-state index >= 15 is 0 Å². The highest BCUT2D eigenvalue weighted by Gasteiger charge is 2.14. The minimum absolute atomic E-state index is 0.0514. The first-order valence-electron chi connectivity index (χ1n) is 5.20. The molecular formula is C12H6ClF3N2OS. The number of rotatable bonds is 2. The summed E-state index contributed by atoms with van der Waals surface area (Å²) < 4.78 is 38.8. The van der Waals surface area contributed by atoms with E-state index < -0.39 is 23.4 Å². The highest BCUT2D eigenvalue weighted by Crippen LogP contribution is 2.20. The number of amides is 1. The molecule has 0 unspecified atom stereocenters. The number of anilines is 1. The van der Waals surface area contributed by atoms with E-state index in [1.165, 1.54) is 12.1 Å². The van der Waals surface area contributed by atoms with Crippen LogP contribution in [-0.2, 0) is 0 Å². The maximum absolute atomic E-state index is 13.0. The number of hydrogen-bond donors (Lipinski definition) is 2. The Hall–Kier alpha value is -1.73. The molecule has 0 aliphatic carbocycles. The highest BCUT2D eigenvalue weighted by atomic mass is 35.5. The molecule has 2 aromatic rings. The predicted octanol–water partition coefficient (Wildman–Crippen LogP) is 3.69. The fourth-order valence-electron chi connectivity index (χ4n) is 1.38. The van der Waals surface area contributed by atoms with Crippen LogP contribution in [0, 0.1) is 17.5 Å². The first kappa shape index (κ1) is 14.7. The van der Waals surface area contributed by atoms with Crippen molar-refractivity contribution >= 4 is 35.8 Å². The number of thiol groups is 1. The van der Waals surface area contributed by atoms with E-state index in [1.54, 1.807) is 0 Å². The number of carbonyl (C=O) groups excluding carboxylic acids is 1. The van der Waals surface area contributed by atoms with Crippen molar-refractivity contribution in [2.75, 3.05) is 5.32 Å². The van der Waals surface area contributed by atoms with E-state index in [-0.39, 0.29) is 21.4 Å². The minimum Gasteiger partial charge on any atom is -0.320 e. The molecule has 2 rings (SSSR count). The Labute approximate surface area is 122 Å². The first-order chi connectivity index (χ1) is 9.38. The summed E-state index contributed by atoms with van der Waals surface area (Å²) in [5.74, 6) is -5.15. The molecule has 1 heterocycles. The quantitative estimate of drug-likeness (QED) is 0.655. The van der Waals surface area contributed by atoms with Gasteiger partial charge < -0.3 is 5.32 Å². The summed E-state index contributed by atoms with van der Waals surface area (Å²) in [5, 5.41) is 2.58. The molecule has 0 spiro atoms. The van der Waals surface area contributed by atoms with Crippen LogP contribution in [0.2, 0.25) is 5.02 Å². The Balaban J connectivity index is 2.25. The zero-order valence-electron chi connectivity index (χ0n) is 9.62. The second-order valence-corrected chi connectivity index (χ2v) is 4.54. The molecule has 0 saturated heterocycles. The molecule has 1 aromatic heterocycles. The molecule has 104 valence electrons. The first-order valence-corrected chi connectivity index (χ1v) is 6.02. The van der Waals surface area contributed by atoms with Crippen molar-refractivity contribution in [3.8, 4) is 0 Å². The van der Waals surface area contributed by atoms with Crippen LogP contribution < -0.4 is 5.32 Å². The fourth-order valence-corrected chi connectivity index (χ4v) is 1.67. The van der Waals surface area contributed by atoms with Gasteiger partial charge >= 0.3 is 0 Å². The minimum atomic E-state index is -1.61. The Morgan fingerprint density at radius 3 is 2.35 bits per heavy atom. The van der Waals surface area contributed by atoms with Gasteiger partial charge in [0.05, 0.1) is 5.02 Å². The number of hydrogen-bond acceptors (Lipinski definition) is 3. The third kappa shape index (κ3) is 3.05. The van der Waals surface area contributed by atoms with Crippen LogP contribution in [0.25, 0.3) is 0 Å². The van der Waals surface area contributed by atoms with E-state index in [2.05, 4.69) is 22.9 Å². The molecule has 0 bridgehead atoms. The van der Waals surface area contributed by atoms with Gasteiger partial charge in [-0.05, 0) is 12.1 Å². The van der Waals surface area contributed by atoms with E-state index in [4.69, 9.17) is 11.6 Å². The number of nitrogens with zero attached hydrogens (tertiary/aromatic N) is 1. The predicted molar refractivity (Wildman–Crippen MR) is 70.8 cm³/mol. The number of pyridine rings is 1. The number of nitrogens with one attached hydrogen (secondary N) is 1. The van der Waals surface area contributed by atoms with Gasteiger partial charge in [-0.15, -0.1) is 12.6 Å². The Morgan fingerprint density at radius 1 is 1.20 bits per heavy atom. The Morgan fingerprint density at radius 2 is 1.80 bits per heavy atom. The van der Waals surface area contributed by atoms with E-state index in [0.29, 0.717) is 12.1 Å². The lowest BCUT2D eigenvalue weighted by Crippen LogP contribution is -2.14. The molecule has 1 N–H and O–H groups in total. The largest absolute Gasteiger partial charge is 0.320 e. The molecule has 1 amide bonds. The van der Waals surface area contributed by atoms with Crippen molar-refractivity contribution in [3.05, 3.63) is 52.4 Å². The van der Waals surface area contributed by atoms with Crippen molar-refractivity contribution in [3.63, 3.8) is 0 Å². The normalized spacial score (nSPS) is 10.4. The van der Waals surface area contributed by atoms with Crippen molar-refractivity contribution < 1.29 is 18.0 Å². The van der Waals surface area contributed by atoms with E-state index in [1.807, 2.05) is 0 Å². The zero-order chi connectivity index (χ0) is 14.9. The van der Waals surface area contributed by atoms with Gasteiger partial charge in [-0.25, -0.2) is 18.2 Å². The zero-order valence-corrected chi connectivity index (χ0v) is 11.3. The summed E-state index contributed by atoms with van der Waals surface area (Å²) in [6.07, 6.45) is 0. The van der Waals surface area contributed by atoms with Gasteiger partial charge in [-0.2, -0.15) is 0 Å². The van der Waals surface area contributed by atoms with Crippen LogP contribution in [0.3, 0.4) is 0 Å². The SMILES string of the molecule is O=C(Nc1cc(F)c(F)c(F)c1)c1ccc(Cl)c(S)n1. The van der Waals surface area contributed by atoms with Crippen LogP contribution in [0.5, 0.6) is 0 Å². The average Bonchev–Trinajstić information content (AvgIpc) is 2.39. The van der Waals surface area contributed by atoms with Crippen LogP contribution >= 0.6 is 24.2 Å². The molecule has 0 saturated carbocycles. The van der Waals surface area contributed by atoms with E-state index in [0.717, 1.165) is 0 Å². The molecule has 0 radical (unpaired) electrons. The molecular weight excluding hydrogens is 313 g/mol. The summed E-state index contributed by atoms with van der Waals surface area (Å²) in [4.78, 5) is 15.6. The standard InChI is InChI=1S/C12H6ClF3N2OS/c13-6-1-2-9(18-12(6)20)11(19)17-5-3-7(14)10(16)8(15)4-5/h1-4H,(H,17,19)(H,18,20). The number of carbonyl (C=O) groups is 1. The topological polar surface area (TPSA) is 42.0 Å². The number of halogens is 4. The van der Waals surface area contributed by atoms with Gasteiger partial charge in [0.15, 0.2) is 17.5 Å². The summed E-state index contributed by atoms with van der Waals surface area (Å²) in [5.41, 5.74) is -0.284. The lowest BCUT2D eigenvalue weighted by atomic mass is 10.2. The average molecular weight is 319 g/mol. The number of aromatic nitrogens is 1. The van der Waals surface area contributed by atoms with Gasteiger partial charge in [0.2, 0.25) is 0 Å². The van der Waals surface area contributed by atoms with Gasteiger partial charge in [-0.1, -0.05) is 11.6 Å². The third-order valence-electron chi connectivity index (χ3n) is 2.30.